The van der Waals surface area contributed by atoms with Gasteiger partial charge >= 0.3 is 0 Å². The highest BCUT2D eigenvalue weighted by molar-refractivity contribution is 7.89. The summed E-state index contributed by atoms with van der Waals surface area (Å²) in [4.78, 5) is 0.0998. The average Bonchev–Trinajstić information content (AvgIpc) is 2.67. The lowest BCUT2D eigenvalue weighted by Crippen LogP contribution is -2.13. The zero-order valence-corrected chi connectivity index (χ0v) is 16.1. The SMILES string of the molecule is CNCc1ccc(-c2ccccc2OC)c(-c2ccccc2S(N)(=O)=O)c1. The number of rotatable bonds is 6. The number of ether oxygens (including phenoxy) is 1. The largest absolute Gasteiger partial charge is 0.496 e. The normalized spacial score (nSPS) is 11.4. The molecule has 0 aliphatic carbocycles. The van der Waals surface area contributed by atoms with Crippen LogP contribution in [0.3, 0.4) is 0 Å². The van der Waals surface area contributed by atoms with Gasteiger partial charge in [0.05, 0.1) is 12.0 Å². The van der Waals surface area contributed by atoms with Crippen LogP contribution < -0.4 is 15.2 Å². The third-order valence-corrected chi connectivity index (χ3v) is 5.31. The maximum atomic E-state index is 12.1. The molecule has 0 saturated heterocycles. The molecular formula is C21H22N2O3S. The van der Waals surface area contributed by atoms with E-state index in [9.17, 15) is 8.42 Å². The number of nitrogens with two attached hydrogens (primary N) is 1. The second kappa shape index (κ2) is 7.92. The van der Waals surface area contributed by atoms with E-state index in [2.05, 4.69) is 5.32 Å². The number of sulfonamides is 1. The van der Waals surface area contributed by atoms with Gasteiger partial charge < -0.3 is 10.1 Å². The number of hydrogen-bond donors (Lipinski definition) is 2. The predicted molar refractivity (Wildman–Crippen MR) is 108 cm³/mol. The van der Waals surface area contributed by atoms with Crippen molar-refractivity contribution in [2.24, 2.45) is 5.14 Å². The van der Waals surface area contributed by atoms with E-state index >= 15 is 0 Å². The van der Waals surface area contributed by atoms with E-state index in [0.29, 0.717) is 17.9 Å². The van der Waals surface area contributed by atoms with E-state index in [1.54, 1.807) is 25.3 Å². The van der Waals surface area contributed by atoms with Gasteiger partial charge in [0.1, 0.15) is 5.75 Å². The summed E-state index contributed by atoms with van der Waals surface area (Å²) < 4.78 is 29.8. The van der Waals surface area contributed by atoms with Gasteiger partial charge in [0.25, 0.3) is 0 Å². The van der Waals surface area contributed by atoms with E-state index in [-0.39, 0.29) is 4.90 Å². The highest BCUT2D eigenvalue weighted by Crippen LogP contribution is 2.39. The molecule has 0 aliphatic rings. The molecular weight excluding hydrogens is 360 g/mol. The first kappa shape index (κ1) is 19.1. The maximum Gasteiger partial charge on any atom is 0.238 e. The van der Waals surface area contributed by atoms with Crippen molar-refractivity contribution in [3.63, 3.8) is 0 Å². The first-order valence-electron chi connectivity index (χ1n) is 8.49. The summed E-state index contributed by atoms with van der Waals surface area (Å²) in [5, 5.41) is 8.59. The Balaban J connectivity index is 2.33. The molecule has 0 aromatic heterocycles. The lowest BCUT2D eigenvalue weighted by Gasteiger charge is -2.17. The first-order valence-corrected chi connectivity index (χ1v) is 10.0. The molecule has 0 atom stereocenters. The molecule has 0 saturated carbocycles. The van der Waals surface area contributed by atoms with Crippen LogP contribution in [0.1, 0.15) is 5.56 Å². The lowest BCUT2D eigenvalue weighted by molar-refractivity contribution is 0.416. The van der Waals surface area contributed by atoms with Gasteiger partial charge in [-0.2, -0.15) is 0 Å². The van der Waals surface area contributed by atoms with Gasteiger partial charge in [0.15, 0.2) is 0 Å². The van der Waals surface area contributed by atoms with Crippen molar-refractivity contribution in [2.75, 3.05) is 14.2 Å². The Morgan fingerprint density at radius 3 is 2.22 bits per heavy atom. The minimum atomic E-state index is -3.87. The van der Waals surface area contributed by atoms with Gasteiger partial charge in [-0.05, 0) is 41.9 Å². The fourth-order valence-corrected chi connectivity index (χ4v) is 3.92. The van der Waals surface area contributed by atoms with Gasteiger partial charge in [0, 0.05) is 17.7 Å². The summed E-state index contributed by atoms with van der Waals surface area (Å²) in [7, 11) is -0.384. The van der Waals surface area contributed by atoms with E-state index in [0.717, 1.165) is 22.3 Å². The Bertz CT molecular complexity index is 1060. The number of hydrogen-bond acceptors (Lipinski definition) is 4. The zero-order chi connectivity index (χ0) is 19.4. The molecule has 3 rings (SSSR count). The smallest absolute Gasteiger partial charge is 0.238 e. The second-order valence-electron chi connectivity index (χ2n) is 6.15. The molecule has 3 aromatic carbocycles. The molecule has 27 heavy (non-hydrogen) atoms. The second-order valence-corrected chi connectivity index (χ2v) is 7.68. The number of para-hydroxylation sites is 1. The van der Waals surface area contributed by atoms with Crippen molar-refractivity contribution in [1.29, 1.82) is 0 Å². The molecule has 0 heterocycles. The van der Waals surface area contributed by atoms with Gasteiger partial charge in [-0.3, -0.25) is 0 Å². The molecule has 3 aromatic rings. The molecule has 0 radical (unpaired) electrons. The van der Waals surface area contributed by atoms with Gasteiger partial charge in [-0.15, -0.1) is 0 Å². The van der Waals surface area contributed by atoms with Crippen LogP contribution >= 0.6 is 0 Å². The molecule has 0 spiro atoms. The van der Waals surface area contributed by atoms with Crippen molar-refractivity contribution in [3.05, 3.63) is 72.3 Å². The molecule has 0 bridgehead atoms. The Hall–Kier alpha value is -2.67. The van der Waals surface area contributed by atoms with Crippen molar-refractivity contribution in [1.82, 2.24) is 5.32 Å². The molecule has 5 nitrogen and oxygen atoms in total. The van der Waals surface area contributed by atoms with E-state index < -0.39 is 10.0 Å². The van der Waals surface area contributed by atoms with Crippen LogP contribution in [-0.4, -0.2) is 22.6 Å². The van der Waals surface area contributed by atoms with Gasteiger partial charge in [-0.1, -0.05) is 48.5 Å². The topological polar surface area (TPSA) is 81.4 Å². The molecule has 0 aliphatic heterocycles. The summed E-state index contributed by atoms with van der Waals surface area (Å²) >= 11 is 0. The lowest BCUT2D eigenvalue weighted by atomic mass is 9.92. The molecule has 0 fully saturated rings. The highest BCUT2D eigenvalue weighted by atomic mass is 32.2. The quantitative estimate of drug-likeness (QED) is 0.685. The van der Waals surface area contributed by atoms with Crippen LogP contribution in [0.5, 0.6) is 5.75 Å². The maximum absolute atomic E-state index is 12.1. The monoisotopic (exact) mass is 382 g/mol. The molecule has 0 amide bonds. The van der Waals surface area contributed by atoms with Gasteiger partial charge in [0.2, 0.25) is 10.0 Å². The predicted octanol–water partition coefficient (Wildman–Crippen LogP) is 3.40. The van der Waals surface area contributed by atoms with Gasteiger partial charge in [-0.25, -0.2) is 13.6 Å². The Kier molecular flexibility index (Phi) is 5.60. The zero-order valence-electron chi connectivity index (χ0n) is 15.3. The molecule has 3 N–H and O–H groups in total. The van der Waals surface area contributed by atoms with Crippen LogP contribution in [0.15, 0.2) is 71.6 Å². The minimum absolute atomic E-state index is 0.0998. The van der Waals surface area contributed by atoms with Crippen molar-refractivity contribution in [2.45, 2.75) is 11.4 Å². The Morgan fingerprint density at radius 2 is 1.56 bits per heavy atom. The molecule has 0 unspecified atom stereocenters. The van der Waals surface area contributed by atoms with Crippen LogP contribution in [0.2, 0.25) is 0 Å². The van der Waals surface area contributed by atoms with Crippen LogP contribution in [-0.2, 0) is 16.6 Å². The molecule has 140 valence electrons. The number of primary sulfonamides is 1. The number of benzene rings is 3. The summed E-state index contributed by atoms with van der Waals surface area (Å²) in [6, 6.07) is 20.4. The first-order chi connectivity index (χ1) is 13.0. The van der Waals surface area contributed by atoms with Crippen molar-refractivity contribution < 1.29 is 13.2 Å². The Morgan fingerprint density at radius 1 is 0.889 bits per heavy atom. The summed E-state index contributed by atoms with van der Waals surface area (Å²) in [5.74, 6) is 0.716. The van der Waals surface area contributed by atoms with E-state index in [4.69, 9.17) is 9.88 Å². The number of methoxy groups -OCH3 is 1. The summed E-state index contributed by atoms with van der Waals surface area (Å²) in [6.07, 6.45) is 0. The third-order valence-electron chi connectivity index (χ3n) is 4.35. The van der Waals surface area contributed by atoms with Crippen molar-refractivity contribution >= 4 is 10.0 Å². The third kappa shape index (κ3) is 4.03. The standard InChI is InChI=1S/C21H22N2O3S/c1-23-14-15-11-12-16(17-7-3-5-9-20(17)26-2)19(13-15)18-8-4-6-10-21(18)27(22,24)25/h3-13,23H,14H2,1-2H3,(H2,22,24,25). The highest BCUT2D eigenvalue weighted by Gasteiger charge is 2.19. The minimum Gasteiger partial charge on any atom is -0.496 e. The van der Waals surface area contributed by atoms with E-state index in [1.807, 2.05) is 49.5 Å². The number of nitrogens with one attached hydrogen (secondary N) is 1. The average molecular weight is 382 g/mol. The summed E-state index contributed by atoms with van der Waals surface area (Å²) in [6.45, 7) is 0.663. The summed E-state index contributed by atoms with van der Waals surface area (Å²) in [5.41, 5.74) is 4.16. The van der Waals surface area contributed by atoms with Crippen LogP contribution in [0.4, 0.5) is 0 Å². The van der Waals surface area contributed by atoms with Crippen LogP contribution in [0, 0.1) is 0 Å². The van der Waals surface area contributed by atoms with E-state index in [1.165, 1.54) is 6.07 Å². The Labute approximate surface area is 159 Å². The fraction of sp³-hybridized carbons (Fsp3) is 0.143. The van der Waals surface area contributed by atoms with Crippen LogP contribution in [0.25, 0.3) is 22.3 Å². The fourth-order valence-electron chi connectivity index (χ4n) is 3.17. The molecule has 6 heteroatoms. The van der Waals surface area contributed by atoms with Crippen molar-refractivity contribution in [3.8, 4) is 28.0 Å².